The Labute approximate surface area is 143 Å². The number of rotatable bonds is 4. The van der Waals surface area contributed by atoms with E-state index in [0.717, 1.165) is 16.5 Å². The first-order valence-electron chi connectivity index (χ1n) is 7.07. The molecule has 0 aliphatic carbocycles. The predicted molar refractivity (Wildman–Crippen MR) is 92.5 cm³/mol. The number of H-pyrrole nitrogens is 1. The summed E-state index contributed by atoms with van der Waals surface area (Å²) in [5.74, 6) is -0.0463. The highest BCUT2D eigenvalue weighted by atomic mass is 35.5. The average Bonchev–Trinajstić information content (AvgIpc) is 2.91. The molecule has 0 fully saturated rings. The van der Waals surface area contributed by atoms with E-state index in [1.807, 2.05) is 12.3 Å². The van der Waals surface area contributed by atoms with Crippen LogP contribution in [0.1, 0.15) is 15.9 Å². The standard InChI is InChI=1S/C17H14Cl2N2O2/c18-12-7-14-11(9-21-16(14)15(19)8-12)5-6-20-17(23)10-1-3-13(22)4-2-10/h1-4,7-9,21-22H,5-6H2,(H,20,23). The SMILES string of the molecule is O=C(NCCc1c[nH]c2c(Cl)cc(Cl)cc12)c1ccc(O)cc1. The Bertz CT molecular complexity index is 857. The summed E-state index contributed by atoms with van der Waals surface area (Å²) < 4.78 is 0. The Morgan fingerprint density at radius 1 is 1.17 bits per heavy atom. The number of hydrogen-bond donors (Lipinski definition) is 3. The van der Waals surface area contributed by atoms with Crippen LogP contribution in [0.5, 0.6) is 5.75 Å². The van der Waals surface area contributed by atoms with Crippen LogP contribution in [0.3, 0.4) is 0 Å². The van der Waals surface area contributed by atoms with Crippen LogP contribution in [0, 0.1) is 0 Å². The fourth-order valence-electron chi connectivity index (χ4n) is 2.44. The molecule has 3 aromatic rings. The summed E-state index contributed by atoms with van der Waals surface area (Å²) in [7, 11) is 0. The largest absolute Gasteiger partial charge is 0.508 e. The monoisotopic (exact) mass is 348 g/mol. The highest BCUT2D eigenvalue weighted by Gasteiger charge is 2.09. The zero-order valence-electron chi connectivity index (χ0n) is 12.1. The number of carbonyl (C=O) groups excluding carboxylic acids is 1. The third kappa shape index (κ3) is 3.44. The first-order chi connectivity index (χ1) is 11.0. The van der Waals surface area contributed by atoms with Crippen LogP contribution < -0.4 is 5.32 Å². The van der Waals surface area contributed by atoms with Crippen molar-refractivity contribution >= 4 is 40.0 Å². The molecule has 0 aliphatic heterocycles. The highest BCUT2D eigenvalue weighted by Crippen LogP contribution is 2.29. The molecule has 0 saturated heterocycles. The van der Waals surface area contributed by atoms with Gasteiger partial charge in [-0.25, -0.2) is 0 Å². The van der Waals surface area contributed by atoms with E-state index in [-0.39, 0.29) is 11.7 Å². The van der Waals surface area contributed by atoms with E-state index in [2.05, 4.69) is 10.3 Å². The summed E-state index contributed by atoms with van der Waals surface area (Å²) in [5.41, 5.74) is 2.39. The number of fused-ring (bicyclic) bond motifs is 1. The molecule has 23 heavy (non-hydrogen) atoms. The Hall–Kier alpha value is -2.17. The summed E-state index contributed by atoms with van der Waals surface area (Å²) in [6.07, 6.45) is 2.53. The van der Waals surface area contributed by atoms with Crippen molar-refractivity contribution in [2.24, 2.45) is 0 Å². The van der Waals surface area contributed by atoms with Gasteiger partial charge in [-0.1, -0.05) is 23.2 Å². The maximum absolute atomic E-state index is 12.0. The molecule has 6 heteroatoms. The zero-order chi connectivity index (χ0) is 16.4. The number of phenols is 1. The van der Waals surface area contributed by atoms with Gasteiger partial charge in [0, 0.05) is 28.7 Å². The van der Waals surface area contributed by atoms with Gasteiger partial charge in [0.05, 0.1) is 10.5 Å². The van der Waals surface area contributed by atoms with Crippen molar-refractivity contribution in [2.45, 2.75) is 6.42 Å². The molecular formula is C17H14Cl2N2O2. The topological polar surface area (TPSA) is 65.1 Å². The summed E-state index contributed by atoms with van der Waals surface area (Å²) in [6, 6.07) is 9.68. The number of nitrogens with one attached hydrogen (secondary N) is 2. The second-order valence-electron chi connectivity index (χ2n) is 5.18. The van der Waals surface area contributed by atoms with Crippen molar-refractivity contribution in [2.75, 3.05) is 6.54 Å². The van der Waals surface area contributed by atoms with Crippen LogP contribution in [0.2, 0.25) is 10.0 Å². The second kappa shape index (κ2) is 6.52. The van der Waals surface area contributed by atoms with Gasteiger partial charge in [-0.15, -0.1) is 0 Å². The minimum Gasteiger partial charge on any atom is -0.508 e. The van der Waals surface area contributed by atoms with Gasteiger partial charge in [0.2, 0.25) is 0 Å². The van der Waals surface area contributed by atoms with Gasteiger partial charge in [0.15, 0.2) is 0 Å². The molecule has 1 amide bonds. The van der Waals surface area contributed by atoms with Gasteiger partial charge in [-0.3, -0.25) is 4.79 Å². The number of aromatic hydroxyl groups is 1. The summed E-state index contributed by atoms with van der Waals surface area (Å²) in [5, 5.41) is 14.2. The van der Waals surface area contributed by atoms with E-state index in [1.54, 1.807) is 18.2 Å². The number of aromatic nitrogens is 1. The van der Waals surface area contributed by atoms with E-state index < -0.39 is 0 Å². The van der Waals surface area contributed by atoms with E-state index in [4.69, 9.17) is 23.2 Å². The number of hydrogen-bond acceptors (Lipinski definition) is 2. The van der Waals surface area contributed by atoms with Crippen molar-refractivity contribution < 1.29 is 9.90 Å². The molecule has 1 heterocycles. The molecule has 0 saturated carbocycles. The molecule has 0 unspecified atom stereocenters. The number of aromatic amines is 1. The molecule has 0 spiro atoms. The van der Waals surface area contributed by atoms with Gasteiger partial charge in [0.1, 0.15) is 5.75 Å². The molecule has 0 atom stereocenters. The molecule has 3 N–H and O–H groups in total. The van der Waals surface area contributed by atoms with Crippen molar-refractivity contribution in [1.82, 2.24) is 10.3 Å². The lowest BCUT2D eigenvalue weighted by Gasteiger charge is -2.05. The quantitative estimate of drug-likeness (QED) is 0.662. The molecule has 4 nitrogen and oxygen atoms in total. The third-order valence-corrected chi connectivity index (χ3v) is 4.12. The minimum atomic E-state index is -0.180. The molecule has 1 aromatic heterocycles. The van der Waals surface area contributed by atoms with Crippen molar-refractivity contribution in [3.63, 3.8) is 0 Å². The average molecular weight is 349 g/mol. The first kappa shape index (κ1) is 15.7. The van der Waals surface area contributed by atoms with Gasteiger partial charge in [0.25, 0.3) is 5.91 Å². The molecule has 0 bridgehead atoms. The van der Waals surface area contributed by atoms with Gasteiger partial charge in [-0.2, -0.15) is 0 Å². The Kier molecular flexibility index (Phi) is 4.46. The normalized spacial score (nSPS) is 10.9. The number of phenolic OH excluding ortho intramolecular Hbond substituents is 1. The fraction of sp³-hybridized carbons (Fsp3) is 0.118. The van der Waals surface area contributed by atoms with E-state index in [1.165, 1.54) is 12.1 Å². The number of amides is 1. The maximum Gasteiger partial charge on any atom is 0.251 e. The summed E-state index contributed by atoms with van der Waals surface area (Å²) in [4.78, 5) is 15.1. The first-order valence-corrected chi connectivity index (χ1v) is 7.82. The lowest BCUT2D eigenvalue weighted by atomic mass is 10.1. The molecule has 118 valence electrons. The highest BCUT2D eigenvalue weighted by molar-refractivity contribution is 6.38. The minimum absolute atomic E-state index is 0.133. The smallest absolute Gasteiger partial charge is 0.251 e. The molecular weight excluding hydrogens is 335 g/mol. The maximum atomic E-state index is 12.0. The summed E-state index contributed by atoms with van der Waals surface area (Å²) in [6.45, 7) is 0.483. The van der Waals surface area contributed by atoms with Crippen molar-refractivity contribution in [1.29, 1.82) is 0 Å². The van der Waals surface area contributed by atoms with Crippen LogP contribution in [0.4, 0.5) is 0 Å². The van der Waals surface area contributed by atoms with Crippen LogP contribution >= 0.6 is 23.2 Å². The van der Waals surface area contributed by atoms with Crippen LogP contribution in [-0.4, -0.2) is 22.5 Å². The van der Waals surface area contributed by atoms with Crippen LogP contribution in [0.25, 0.3) is 10.9 Å². The lowest BCUT2D eigenvalue weighted by molar-refractivity contribution is 0.0954. The summed E-state index contributed by atoms with van der Waals surface area (Å²) >= 11 is 12.2. The zero-order valence-corrected chi connectivity index (χ0v) is 13.6. The van der Waals surface area contributed by atoms with Gasteiger partial charge >= 0.3 is 0 Å². The Morgan fingerprint density at radius 3 is 2.65 bits per heavy atom. The number of carbonyl (C=O) groups is 1. The Morgan fingerprint density at radius 2 is 1.91 bits per heavy atom. The van der Waals surface area contributed by atoms with Gasteiger partial charge in [-0.05, 0) is 48.4 Å². The molecule has 0 radical (unpaired) electrons. The molecule has 3 rings (SSSR count). The van der Waals surface area contributed by atoms with Crippen molar-refractivity contribution in [3.05, 3.63) is 63.8 Å². The van der Waals surface area contributed by atoms with Crippen LogP contribution in [0.15, 0.2) is 42.6 Å². The second-order valence-corrected chi connectivity index (χ2v) is 6.02. The molecule has 2 aromatic carbocycles. The van der Waals surface area contributed by atoms with Crippen molar-refractivity contribution in [3.8, 4) is 5.75 Å². The number of halogens is 2. The van der Waals surface area contributed by atoms with E-state index >= 15 is 0 Å². The molecule has 0 aliphatic rings. The van der Waals surface area contributed by atoms with Crippen LogP contribution in [-0.2, 0) is 6.42 Å². The number of benzene rings is 2. The van der Waals surface area contributed by atoms with E-state index in [0.29, 0.717) is 28.6 Å². The predicted octanol–water partition coefficient (Wildman–Crippen LogP) is 4.15. The lowest BCUT2D eigenvalue weighted by Crippen LogP contribution is -2.25. The van der Waals surface area contributed by atoms with E-state index in [9.17, 15) is 9.90 Å². The Balaban J connectivity index is 1.67. The van der Waals surface area contributed by atoms with Gasteiger partial charge < -0.3 is 15.4 Å². The fourth-order valence-corrected chi connectivity index (χ4v) is 2.99. The third-order valence-electron chi connectivity index (χ3n) is 3.60.